The number of fused-ring (bicyclic) bond motifs is 1. The zero-order valence-electron chi connectivity index (χ0n) is 11.6. The number of aromatic nitrogens is 1. The summed E-state index contributed by atoms with van der Waals surface area (Å²) in [7, 11) is 0. The number of hydrogen-bond acceptors (Lipinski definition) is 4. The Kier molecular flexibility index (Phi) is 4.77. The van der Waals surface area contributed by atoms with Crippen molar-refractivity contribution in [1.29, 1.82) is 0 Å². The third kappa shape index (κ3) is 3.15. The number of carbonyl (C=O) groups is 1. The summed E-state index contributed by atoms with van der Waals surface area (Å²) in [5.41, 5.74) is -0.291. The Morgan fingerprint density at radius 2 is 2.00 bits per heavy atom. The van der Waals surface area contributed by atoms with Gasteiger partial charge < -0.3 is 15.5 Å². The van der Waals surface area contributed by atoms with Gasteiger partial charge in [0.15, 0.2) is 0 Å². The minimum Gasteiger partial charge on any atom is -0.394 e. The summed E-state index contributed by atoms with van der Waals surface area (Å²) in [6.45, 7) is 1.06. The van der Waals surface area contributed by atoms with Gasteiger partial charge in [-0.3, -0.25) is 4.79 Å². The number of benzene rings is 1. The van der Waals surface area contributed by atoms with Crippen molar-refractivity contribution in [3.63, 3.8) is 0 Å². The van der Waals surface area contributed by atoms with Gasteiger partial charge >= 0.3 is 0 Å². The van der Waals surface area contributed by atoms with Gasteiger partial charge in [0.25, 0.3) is 5.91 Å². The summed E-state index contributed by atoms with van der Waals surface area (Å²) >= 11 is 6.16. The number of carbonyl (C=O) groups excluding carboxylic acids is 1. The molecule has 1 aromatic heterocycles. The van der Waals surface area contributed by atoms with Crippen molar-refractivity contribution in [2.45, 2.75) is 18.9 Å². The first-order valence-electron chi connectivity index (χ1n) is 6.65. The van der Waals surface area contributed by atoms with E-state index in [0.29, 0.717) is 17.0 Å². The number of aliphatic hydroxyl groups is 2. The van der Waals surface area contributed by atoms with Crippen molar-refractivity contribution >= 4 is 28.4 Å². The quantitative estimate of drug-likeness (QED) is 0.786. The average molecular weight is 309 g/mol. The summed E-state index contributed by atoms with van der Waals surface area (Å²) < 4.78 is 0. The Labute approximate surface area is 127 Å². The van der Waals surface area contributed by atoms with Gasteiger partial charge in [-0.15, -0.1) is 0 Å². The van der Waals surface area contributed by atoms with Gasteiger partial charge in [-0.1, -0.05) is 36.7 Å². The van der Waals surface area contributed by atoms with Crippen LogP contribution in [0.4, 0.5) is 0 Å². The molecule has 1 aromatic carbocycles. The number of pyridine rings is 1. The summed E-state index contributed by atoms with van der Waals surface area (Å²) in [5, 5.41) is 22.6. The van der Waals surface area contributed by atoms with E-state index >= 15 is 0 Å². The van der Waals surface area contributed by atoms with Crippen LogP contribution in [0.15, 0.2) is 30.3 Å². The van der Waals surface area contributed by atoms with Crippen LogP contribution in [0.5, 0.6) is 0 Å². The fraction of sp³-hybridized carbons (Fsp3) is 0.333. The highest BCUT2D eigenvalue weighted by Crippen LogP contribution is 2.23. The number of nitrogens with zero attached hydrogens (tertiary/aromatic N) is 1. The van der Waals surface area contributed by atoms with Crippen LogP contribution in [0, 0.1) is 0 Å². The number of para-hydroxylation sites is 1. The van der Waals surface area contributed by atoms with Crippen LogP contribution in [0.1, 0.15) is 23.8 Å². The average Bonchev–Trinajstić information content (AvgIpc) is 2.52. The Morgan fingerprint density at radius 3 is 2.62 bits per heavy atom. The molecule has 112 valence electrons. The normalized spacial score (nSPS) is 11.6. The highest BCUT2D eigenvalue weighted by Gasteiger charge is 2.29. The lowest BCUT2D eigenvalue weighted by Crippen LogP contribution is -2.53. The number of halogens is 1. The second kappa shape index (κ2) is 6.39. The van der Waals surface area contributed by atoms with Crippen LogP contribution < -0.4 is 5.32 Å². The van der Waals surface area contributed by atoms with E-state index in [1.54, 1.807) is 13.0 Å². The van der Waals surface area contributed by atoms with Gasteiger partial charge in [0, 0.05) is 5.39 Å². The van der Waals surface area contributed by atoms with E-state index in [9.17, 15) is 15.0 Å². The molecule has 5 nitrogen and oxygen atoms in total. The molecule has 0 saturated carbocycles. The van der Waals surface area contributed by atoms with Crippen LogP contribution in [-0.4, -0.2) is 39.9 Å². The van der Waals surface area contributed by atoms with Crippen molar-refractivity contribution in [3.8, 4) is 0 Å². The molecule has 0 saturated heterocycles. The molecule has 21 heavy (non-hydrogen) atoms. The molecule has 1 amide bonds. The van der Waals surface area contributed by atoms with Crippen molar-refractivity contribution in [3.05, 3.63) is 41.0 Å². The molecule has 2 aromatic rings. The van der Waals surface area contributed by atoms with Crippen LogP contribution in [0.3, 0.4) is 0 Å². The standard InChI is InChI=1S/C15H17ClN2O3/c1-2-15(8-19,9-20)18-14(21)13-7-11(16)10-5-3-4-6-12(10)17-13/h3-7,19-20H,2,8-9H2,1H3,(H,18,21). The summed E-state index contributed by atoms with van der Waals surface area (Å²) in [6.07, 6.45) is 0.396. The first-order valence-corrected chi connectivity index (χ1v) is 7.02. The van der Waals surface area contributed by atoms with Gasteiger partial charge in [0.1, 0.15) is 5.69 Å². The molecule has 1 heterocycles. The van der Waals surface area contributed by atoms with Crippen molar-refractivity contribution in [2.75, 3.05) is 13.2 Å². The van der Waals surface area contributed by atoms with Crippen LogP contribution in [-0.2, 0) is 0 Å². The van der Waals surface area contributed by atoms with E-state index in [2.05, 4.69) is 10.3 Å². The fourth-order valence-electron chi connectivity index (χ4n) is 2.00. The molecular weight excluding hydrogens is 292 g/mol. The van der Waals surface area contributed by atoms with Crippen molar-refractivity contribution in [2.24, 2.45) is 0 Å². The van der Waals surface area contributed by atoms with Crippen LogP contribution in [0.25, 0.3) is 10.9 Å². The predicted molar refractivity (Wildman–Crippen MR) is 81.4 cm³/mol. The Hall–Kier alpha value is -1.69. The smallest absolute Gasteiger partial charge is 0.270 e. The summed E-state index contributed by atoms with van der Waals surface area (Å²) in [6, 6.07) is 8.72. The number of aliphatic hydroxyl groups excluding tert-OH is 2. The lowest BCUT2D eigenvalue weighted by Gasteiger charge is -2.29. The zero-order chi connectivity index (χ0) is 15.5. The molecule has 3 N–H and O–H groups in total. The molecule has 0 unspecified atom stereocenters. The number of rotatable bonds is 5. The molecular formula is C15H17ClN2O3. The topological polar surface area (TPSA) is 82.5 Å². The van der Waals surface area contributed by atoms with Gasteiger partial charge in [-0.2, -0.15) is 0 Å². The van der Waals surface area contributed by atoms with E-state index in [1.165, 1.54) is 6.07 Å². The van der Waals surface area contributed by atoms with Crippen LogP contribution >= 0.6 is 11.6 Å². The third-order valence-corrected chi connectivity index (χ3v) is 3.87. The van der Waals surface area contributed by atoms with E-state index in [-0.39, 0.29) is 18.9 Å². The van der Waals surface area contributed by atoms with Gasteiger partial charge in [0.2, 0.25) is 0 Å². The van der Waals surface area contributed by atoms with Crippen molar-refractivity contribution < 1.29 is 15.0 Å². The van der Waals surface area contributed by atoms with Crippen molar-refractivity contribution in [1.82, 2.24) is 10.3 Å². The summed E-state index contributed by atoms with van der Waals surface area (Å²) in [5.74, 6) is -0.479. The number of nitrogens with one attached hydrogen (secondary N) is 1. The third-order valence-electron chi connectivity index (χ3n) is 3.56. The van der Waals surface area contributed by atoms with E-state index in [0.717, 1.165) is 5.39 Å². The maximum absolute atomic E-state index is 12.3. The van der Waals surface area contributed by atoms with E-state index in [4.69, 9.17) is 11.6 Å². The van der Waals surface area contributed by atoms with E-state index < -0.39 is 11.4 Å². The molecule has 0 radical (unpaired) electrons. The lowest BCUT2D eigenvalue weighted by molar-refractivity contribution is 0.0649. The zero-order valence-corrected chi connectivity index (χ0v) is 12.4. The van der Waals surface area contributed by atoms with Gasteiger partial charge in [-0.25, -0.2) is 4.98 Å². The fourth-order valence-corrected chi connectivity index (χ4v) is 2.26. The molecule has 0 aliphatic heterocycles. The summed E-state index contributed by atoms with van der Waals surface area (Å²) in [4.78, 5) is 16.5. The molecule has 6 heteroatoms. The first-order chi connectivity index (χ1) is 10.0. The molecule has 2 rings (SSSR count). The molecule has 0 fully saturated rings. The van der Waals surface area contributed by atoms with Gasteiger partial charge in [-0.05, 0) is 18.6 Å². The largest absolute Gasteiger partial charge is 0.394 e. The maximum Gasteiger partial charge on any atom is 0.270 e. The molecule has 0 bridgehead atoms. The second-order valence-electron chi connectivity index (χ2n) is 4.91. The molecule has 0 spiro atoms. The molecule has 0 aliphatic carbocycles. The predicted octanol–water partition coefficient (Wildman–Crippen LogP) is 1.75. The highest BCUT2D eigenvalue weighted by atomic mass is 35.5. The van der Waals surface area contributed by atoms with E-state index in [1.807, 2.05) is 18.2 Å². The Balaban J connectivity index is 2.35. The lowest BCUT2D eigenvalue weighted by atomic mass is 9.98. The van der Waals surface area contributed by atoms with Gasteiger partial charge in [0.05, 0.1) is 29.3 Å². The minimum absolute atomic E-state index is 0.151. The molecule has 0 aliphatic rings. The molecule has 0 atom stereocenters. The SMILES string of the molecule is CCC(CO)(CO)NC(=O)c1cc(Cl)c2ccccc2n1. The highest BCUT2D eigenvalue weighted by molar-refractivity contribution is 6.35. The maximum atomic E-state index is 12.3. The van der Waals surface area contributed by atoms with Crippen LogP contribution in [0.2, 0.25) is 5.02 Å². The minimum atomic E-state index is -1.06. The first kappa shape index (κ1) is 15.7. The Bertz CT molecular complexity index is 648. The number of hydrogen-bond donors (Lipinski definition) is 3. The Morgan fingerprint density at radius 1 is 1.33 bits per heavy atom. The second-order valence-corrected chi connectivity index (χ2v) is 5.32. The number of amides is 1. The monoisotopic (exact) mass is 308 g/mol.